The topological polar surface area (TPSA) is 27.7 Å². The van der Waals surface area contributed by atoms with E-state index in [1.54, 1.807) is 7.11 Å². The predicted molar refractivity (Wildman–Crippen MR) is 89.1 cm³/mol. The largest absolute Gasteiger partial charge is 0.494 e. The van der Waals surface area contributed by atoms with Gasteiger partial charge in [0.15, 0.2) is 11.5 Å². The highest BCUT2D eigenvalue weighted by molar-refractivity contribution is 5.39. The normalized spacial score (nSPS) is 10.3. The minimum absolute atomic E-state index is 0.663. The maximum absolute atomic E-state index is 5.76. The fourth-order valence-corrected chi connectivity index (χ4v) is 2.12. The van der Waals surface area contributed by atoms with Crippen molar-refractivity contribution in [1.29, 1.82) is 0 Å². The molecule has 2 aromatic carbocycles. The molecule has 0 saturated heterocycles. The highest BCUT2D eigenvalue weighted by Crippen LogP contribution is 2.25. The minimum atomic E-state index is 0.663. The van der Waals surface area contributed by atoms with Crippen molar-refractivity contribution < 1.29 is 14.2 Å². The molecule has 0 amide bonds. The average molecular weight is 300 g/mol. The van der Waals surface area contributed by atoms with Crippen LogP contribution in [-0.4, -0.2) is 20.3 Å². The highest BCUT2D eigenvalue weighted by Gasteiger charge is 2.02. The number of hydrogen-bond donors (Lipinski definition) is 0. The molecule has 0 heterocycles. The van der Waals surface area contributed by atoms with Crippen LogP contribution >= 0.6 is 0 Å². The Labute approximate surface area is 132 Å². The summed E-state index contributed by atoms with van der Waals surface area (Å²) in [6.45, 7) is 5.58. The molecule has 0 aromatic heterocycles. The molecular formula is C19H24O3. The van der Waals surface area contributed by atoms with Crippen molar-refractivity contribution in [3.05, 3.63) is 53.6 Å². The Hall–Kier alpha value is -2.16. The summed E-state index contributed by atoms with van der Waals surface area (Å²) < 4.78 is 16.7. The Morgan fingerprint density at radius 2 is 1.45 bits per heavy atom. The molecular weight excluding hydrogens is 276 g/mol. The van der Waals surface area contributed by atoms with Gasteiger partial charge in [0.25, 0.3) is 0 Å². The van der Waals surface area contributed by atoms with Gasteiger partial charge in [-0.2, -0.15) is 0 Å². The molecule has 0 unspecified atom stereocenters. The summed E-state index contributed by atoms with van der Waals surface area (Å²) in [4.78, 5) is 0. The third-order valence-corrected chi connectivity index (χ3v) is 3.61. The van der Waals surface area contributed by atoms with Crippen molar-refractivity contribution in [3.63, 3.8) is 0 Å². The van der Waals surface area contributed by atoms with Crippen molar-refractivity contribution in [2.75, 3.05) is 20.3 Å². The average Bonchev–Trinajstić information content (AvgIpc) is 2.54. The van der Waals surface area contributed by atoms with E-state index in [-0.39, 0.29) is 0 Å². The van der Waals surface area contributed by atoms with Gasteiger partial charge < -0.3 is 14.2 Å². The molecule has 0 saturated carbocycles. The van der Waals surface area contributed by atoms with E-state index >= 15 is 0 Å². The summed E-state index contributed by atoms with van der Waals surface area (Å²) in [7, 11) is 1.65. The predicted octanol–water partition coefficient (Wildman–Crippen LogP) is 4.55. The monoisotopic (exact) mass is 300 g/mol. The van der Waals surface area contributed by atoms with Crippen molar-refractivity contribution in [2.45, 2.75) is 26.7 Å². The first-order valence-corrected chi connectivity index (χ1v) is 7.66. The number of para-hydroxylation sites is 2. The third kappa shape index (κ3) is 4.69. The number of unbranched alkanes of at least 4 members (excludes halogenated alkanes) is 1. The van der Waals surface area contributed by atoms with Crippen LogP contribution < -0.4 is 14.2 Å². The molecule has 0 spiro atoms. The fourth-order valence-electron chi connectivity index (χ4n) is 2.12. The van der Waals surface area contributed by atoms with Gasteiger partial charge in [0.1, 0.15) is 5.75 Å². The summed E-state index contributed by atoms with van der Waals surface area (Å²) in [6.07, 6.45) is 1.91. The number of benzene rings is 2. The van der Waals surface area contributed by atoms with Crippen LogP contribution in [-0.2, 0) is 0 Å². The van der Waals surface area contributed by atoms with Gasteiger partial charge in [-0.05, 0) is 62.1 Å². The van der Waals surface area contributed by atoms with Gasteiger partial charge in [0.05, 0.1) is 20.3 Å². The molecule has 0 radical (unpaired) electrons. The van der Waals surface area contributed by atoms with Crippen LogP contribution in [0.1, 0.15) is 24.0 Å². The molecule has 0 atom stereocenters. The van der Waals surface area contributed by atoms with Gasteiger partial charge in [0.2, 0.25) is 0 Å². The second-order valence-electron chi connectivity index (χ2n) is 5.30. The van der Waals surface area contributed by atoms with Crippen LogP contribution in [0.2, 0.25) is 0 Å². The molecule has 0 aliphatic rings. The summed E-state index contributed by atoms with van der Waals surface area (Å²) in [6, 6.07) is 13.9. The van der Waals surface area contributed by atoms with E-state index in [4.69, 9.17) is 14.2 Å². The minimum Gasteiger partial charge on any atom is -0.494 e. The maximum atomic E-state index is 5.76. The van der Waals surface area contributed by atoms with Gasteiger partial charge in [-0.25, -0.2) is 0 Å². The molecule has 2 rings (SSSR count). The van der Waals surface area contributed by atoms with Crippen LogP contribution in [0.4, 0.5) is 0 Å². The maximum Gasteiger partial charge on any atom is 0.161 e. The van der Waals surface area contributed by atoms with Gasteiger partial charge in [-0.1, -0.05) is 18.2 Å². The summed E-state index contributed by atoms with van der Waals surface area (Å²) in [5.74, 6) is 2.50. The Bertz CT molecular complexity index is 593. The Kier molecular flexibility index (Phi) is 6.13. The van der Waals surface area contributed by atoms with Crippen molar-refractivity contribution >= 4 is 0 Å². The number of hydrogen-bond acceptors (Lipinski definition) is 3. The zero-order valence-corrected chi connectivity index (χ0v) is 13.6. The molecule has 3 heteroatoms. The van der Waals surface area contributed by atoms with E-state index in [9.17, 15) is 0 Å². The van der Waals surface area contributed by atoms with Crippen LogP contribution in [0.25, 0.3) is 0 Å². The molecule has 0 aliphatic carbocycles. The lowest BCUT2D eigenvalue weighted by atomic mass is 10.1. The van der Waals surface area contributed by atoms with Gasteiger partial charge in [-0.15, -0.1) is 0 Å². The van der Waals surface area contributed by atoms with Crippen LogP contribution in [0.3, 0.4) is 0 Å². The third-order valence-electron chi connectivity index (χ3n) is 3.61. The lowest BCUT2D eigenvalue weighted by Gasteiger charge is -2.11. The van der Waals surface area contributed by atoms with E-state index in [1.807, 2.05) is 30.3 Å². The molecule has 22 heavy (non-hydrogen) atoms. The molecule has 0 N–H and O–H groups in total. The van der Waals surface area contributed by atoms with Crippen molar-refractivity contribution in [2.24, 2.45) is 0 Å². The van der Waals surface area contributed by atoms with Crippen LogP contribution in [0.5, 0.6) is 17.2 Å². The quantitative estimate of drug-likeness (QED) is 0.669. The molecule has 2 aromatic rings. The Balaban J connectivity index is 1.66. The van der Waals surface area contributed by atoms with E-state index < -0.39 is 0 Å². The smallest absolute Gasteiger partial charge is 0.161 e. The van der Waals surface area contributed by atoms with E-state index in [2.05, 4.69) is 26.0 Å². The first kappa shape index (κ1) is 16.2. The Morgan fingerprint density at radius 3 is 2.14 bits per heavy atom. The summed E-state index contributed by atoms with van der Waals surface area (Å²) in [5.41, 5.74) is 2.55. The lowest BCUT2D eigenvalue weighted by molar-refractivity contribution is 0.258. The molecule has 0 fully saturated rings. The van der Waals surface area contributed by atoms with Crippen molar-refractivity contribution in [1.82, 2.24) is 0 Å². The Morgan fingerprint density at radius 1 is 0.773 bits per heavy atom. The molecule has 0 bridgehead atoms. The number of aryl methyl sites for hydroxylation is 2. The van der Waals surface area contributed by atoms with E-state index in [0.717, 1.165) is 30.1 Å². The zero-order valence-electron chi connectivity index (χ0n) is 13.6. The fraction of sp³-hybridized carbons (Fsp3) is 0.368. The summed E-state index contributed by atoms with van der Waals surface area (Å²) >= 11 is 0. The lowest BCUT2D eigenvalue weighted by Crippen LogP contribution is -2.03. The van der Waals surface area contributed by atoms with E-state index in [1.165, 1.54) is 11.1 Å². The van der Waals surface area contributed by atoms with Gasteiger partial charge in [-0.3, -0.25) is 0 Å². The number of rotatable bonds is 8. The second kappa shape index (κ2) is 8.32. The highest BCUT2D eigenvalue weighted by atomic mass is 16.5. The first-order chi connectivity index (χ1) is 10.7. The standard InChI is InChI=1S/C19H24O3/c1-15-10-11-17(14-16(15)2)21-12-6-7-13-22-19-9-5-4-8-18(19)20-3/h4-5,8-11,14H,6-7,12-13H2,1-3H3. The molecule has 3 nitrogen and oxygen atoms in total. The van der Waals surface area contributed by atoms with Gasteiger partial charge >= 0.3 is 0 Å². The van der Waals surface area contributed by atoms with Crippen molar-refractivity contribution in [3.8, 4) is 17.2 Å². The SMILES string of the molecule is COc1ccccc1OCCCCOc1ccc(C)c(C)c1. The van der Waals surface area contributed by atoms with E-state index in [0.29, 0.717) is 13.2 Å². The van der Waals surface area contributed by atoms with Crippen LogP contribution in [0.15, 0.2) is 42.5 Å². The van der Waals surface area contributed by atoms with Gasteiger partial charge in [0, 0.05) is 0 Å². The molecule has 0 aliphatic heterocycles. The second-order valence-corrected chi connectivity index (χ2v) is 5.30. The number of ether oxygens (including phenoxy) is 3. The summed E-state index contributed by atoms with van der Waals surface area (Å²) in [5, 5.41) is 0. The van der Waals surface area contributed by atoms with Crippen LogP contribution in [0, 0.1) is 13.8 Å². The molecule has 118 valence electrons. The number of methoxy groups -OCH3 is 1. The zero-order chi connectivity index (χ0) is 15.8. The first-order valence-electron chi connectivity index (χ1n) is 7.66.